The van der Waals surface area contributed by atoms with Gasteiger partial charge in [-0.05, 0) is 36.8 Å². The second-order valence-corrected chi connectivity index (χ2v) is 7.06. The number of nitrogens with zero attached hydrogens (tertiary/aromatic N) is 3. The Morgan fingerprint density at radius 3 is 2.42 bits per heavy atom. The zero-order valence-corrected chi connectivity index (χ0v) is 17.0. The number of hydrogen-bond acceptors (Lipinski definition) is 6. The predicted octanol–water partition coefficient (Wildman–Crippen LogP) is 4.42. The summed E-state index contributed by atoms with van der Waals surface area (Å²) in [6.45, 7) is 1.94. The van der Waals surface area contributed by atoms with Crippen molar-refractivity contribution < 1.29 is 22.6 Å². The lowest BCUT2D eigenvalue weighted by Gasteiger charge is -2.15. The Bertz CT molecular complexity index is 1280. The summed E-state index contributed by atoms with van der Waals surface area (Å²) in [5.41, 5.74) is 7.37. The van der Waals surface area contributed by atoms with E-state index >= 15 is 0 Å². The van der Waals surface area contributed by atoms with Crippen molar-refractivity contribution in [2.45, 2.75) is 19.6 Å². The van der Waals surface area contributed by atoms with Crippen LogP contribution in [0.5, 0.6) is 11.5 Å². The van der Waals surface area contributed by atoms with Gasteiger partial charge in [-0.3, -0.25) is 0 Å². The highest BCUT2D eigenvalue weighted by molar-refractivity contribution is 5.93. The molecule has 0 fully saturated rings. The largest absolute Gasteiger partial charge is 0.493 e. The predicted molar refractivity (Wildman–Crippen MR) is 112 cm³/mol. The number of alkyl halides is 3. The molecule has 2 heterocycles. The van der Waals surface area contributed by atoms with Crippen LogP contribution in [0.2, 0.25) is 0 Å². The van der Waals surface area contributed by atoms with Gasteiger partial charge < -0.3 is 20.5 Å². The van der Waals surface area contributed by atoms with Crippen LogP contribution in [0, 0.1) is 6.92 Å². The third kappa shape index (κ3) is 3.88. The molecule has 10 heteroatoms. The van der Waals surface area contributed by atoms with Crippen LogP contribution in [0.15, 0.2) is 36.4 Å². The van der Waals surface area contributed by atoms with Crippen molar-refractivity contribution >= 4 is 28.1 Å². The monoisotopic (exact) mass is 431 g/mol. The number of aromatic nitrogens is 3. The maximum atomic E-state index is 13.1. The number of benzene rings is 2. The van der Waals surface area contributed by atoms with Gasteiger partial charge in [0.25, 0.3) is 0 Å². The van der Waals surface area contributed by atoms with Crippen molar-refractivity contribution in [3.63, 3.8) is 0 Å². The Morgan fingerprint density at radius 1 is 1.03 bits per heavy atom. The van der Waals surface area contributed by atoms with Crippen molar-refractivity contribution in [2.75, 3.05) is 25.3 Å². The molecular formula is C21H20F3N5O2. The van der Waals surface area contributed by atoms with Crippen molar-refractivity contribution in [1.29, 1.82) is 0 Å². The highest BCUT2D eigenvalue weighted by Gasteiger charge is 2.31. The molecule has 162 valence electrons. The molecule has 0 unspecified atom stereocenters. The fourth-order valence-corrected chi connectivity index (χ4v) is 3.46. The SMILES string of the molecule is COc1cc2c(NCc3cc(N)cc(C(F)(F)F)c3)nc3cc(C)nn3c2cc1OC. The van der Waals surface area contributed by atoms with Crippen LogP contribution < -0.4 is 20.5 Å². The number of halogens is 3. The van der Waals surface area contributed by atoms with Gasteiger partial charge in [-0.1, -0.05) is 0 Å². The first-order valence-electron chi connectivity index (χ1n) is 9.32. The van der Waals surface area contributed by atoms with Crippen LogP contribution >= 0.6 is 0 Å². The zero-order valence-electron chi connectivity index (χ0n) is 17.0. The molecule has 2 aromatic heterocycles. The van der Waals surface area contributed by atoms with E-state index in [1.807, 2.05) is 13.0 Å². The fourth-order valence-electron chi connectivity index (χ4n) is 3.46. The van der Waals surface area contributed by atoms with Crippen LogP contribution in [0.3, 0.4) is 0 Å². The number of ether oxygens (including phenoxy) is 2. The Hall–Kier alpha value is -3.69. The smallest absolute Gasteiger partial charge is 0.416 e. The van der Waals surface area contributed by atoms with E-state index in [4.69, 9.17) is 15.2 Å². The summed E-state index contributed by atoms with van der Waals surface area (Å²) in [5.74, 6) is 1.48. The normalized spacial score (nSPS) is 11.8. The van der Waals surface area contributed by atoms with Crippen molar-refractivity contribution in [2.24, 2.45) is 0 Å². The molecule has 0 amide bonds. The number of nitrogens with two attached hydrogens (primary N) is 1. The van der Waals surface area contributed by atoms with Gasteiger partial charge in [0, 0.05) is 29.8 Å². The molecule has 0 spiro atoms. The second-order valence-electron chi connectivity index (χ2n) is 7.06. The highest BCUT2D eigenvalue weighted by Crippen LogP contribution is 2.36. The molecule has 7 nitrogen and oxygen atoms in total. The van der Waals surface area contributed by atoms with E-state index in [0.29, 0.717) is 39.4 Å². The lowest BCUT2D eigenvalue weighted by Crippen LogP contribution is -2.09. The molecule has 0 saturated carbocycles. The van der Waals surface area contributed by atoms with E-state index in [1.54, 1.807) is 16.6 Å². The number of hydrogen-bond donors (Lipinski definition) is 2. The minimum absolute atomic E-state index is 0.0396. The topological polar surface area (TPSA) is 86.7 Å². The third-order valence-electron chi connectivity index (χ3n) is 4.83. The molecule has 31 heavy (non-hydrogen) atoms. The fraction of sp³-hybridized carbons (Fsp3) is 0.238. The van der Waals surface area contributed by atoms with Crippen molar-refractivity contribution in [3.05, 3.63) is 53.2 Å². The maximum Gasteiger partial charge on any atom is 0.416 e. The third-order valence-corrected chi connectivity index (χ3v) is 4.83. The van der Waals surface area contributed by atoms with Crippen LogP contribution in [0.1, 0.15) is 16.8 Å². The van der Waals surface area contributed by atoms with E-state index in [-0.39, 0.29) is 12.2 Å². The van der Waals surface area contributed by atoms with Crippen molar-refractivity contribution in [3.8, 4) is 11.5 Å². The summed E-state index contributed by atoms with van der Waals surface area (Å²) in [7, 11) is 3.06. The first kappa shape index (κ1) is 20.6. The summed E-state index contributed by atoms with van der Waals surface area (Å²) in [6.07, 6.45) is -4.48. The molecule has 0 radical (unpaired) electrons. The average Bonchev–Trinajstić information content (AvgIpc) is 3.10. The molecule has 0 bridgehead atoms. The lowest BCUT2D eigenvalue weighted by atomic mass is 10.1. The van der Waals surface area contributed by atoms with E-state index in [0.717, 1.165) is 17.8 Å². The number of nitrogen functional groups attached to an aromatic ring is 1. The van der Waals surface area contributed by atoms with Gasteiger partial charge in [0.1, 0.15) is 5.82 Å². The summed E-state index contributed by atoms with van der Waals surface area (Å²) in [5, 5.41) is 8.27. The molecule has 0 aliphatic carbocycles. The van der Waals surface area contributed by atoms with Crippen LogP contribution in [-0.2, 0) is 12.7 Å². The number of fused-ring (bicyclic) bond motifs is 3. The van der Waals surface area contributed by atoms with Gasteiger partial charge in [-0.15, -0.1) is 0 Å². The summed E-state index contributed by atoms with van der Waals surface area (Å²) in [4.78, 5) is 4.60. The lowest BCUT2D eigenvalue weighted by molar-refractivity contribution is -0.137. The van der Waals surface area contributed by atoms with Crippen LogP contribution in [0.4, 0.5) is 24.7 Å². The Balaban J connectivity index is 1.81. The maximum absolute atomic E-state index is 13.1. The summed E-state index contributed by atoms with van der Waals surface area (Å²) < 4.78 is 51.9. The Morgan fingerprint density at radius 2 is 1.74 bits per heavy atom. The van der Waals surface area contributed by atoms with E-state index in [9.17, 15) is 13.2 Å². The highest BCUT2D eigenvalue weighted by atomic mass is 19.4. The zero-order chi connectivity index (χ0) is 22.3. The second kappa shape index (κ2) is 7.53. The number of nitrogens with one attached hydrogen (secondary N) is 1. The molecule has 3 N–H and O–H groups in total. The minimum atomic E-state index is -4.48. The standard InChI is InChI=1S/C21H20F3N5O2/c1-11-4-19-27-20(26-10-12-5-13(21(22,23)24)7-14(25)6-12)15-8-17(30-2)18(31-3)9-16(15)29(19)28-11/h4-9H,10,25H2,1-3H3,(H,26,27). The number of rotatable bonds is 5. The number of anilines is 2. The minimum Gasteiger partial charge on any atom is -0.493 e. The summed E-state index contributed by atoms with van der Waals surface area (Å²) in [6, 6.07) is 8.81. The van der Waals surface area contributed by atoms with Gasteiger partial charge in [0.15, 0.2) is 17.1 Å². The van der Waals surface area contributed by atoms with Gasteiger partial charge in [0.05, 0.1) is 31.0 Å². The molecule has 4 rings (SSSR count). The Kier molecular flexibility index (Phi) is 5.00. The molecular weight excluding hydrogens is 411 g/mol. The Labute approximate surface area is 175 Å². The van der Waals surface area contributed by atoms with Crippen LogP contribution in [-0.4, -0.2) is 28.8 Å². The summed E-state index contributed by atoms with van der Waals surface area (Å²) >= 11 is 0. The molecule has 2 aromatic carbocycles. The molecule has 0 saturated heterocycles. The average molecular weight is 431 g/mol. The molecule has 0 atom stereocenters. The molecule has 0 aliphatic heterocycles. The number of aryl methyl sites for hydroxylation is 1. The van der Waals surface area contributed by atoms with Gasteiger partial charge in [0.2, 0.25) is 0 Å². The van der Waals surface area contributed by atoms with Gasteiger partial charge in [-0.2, -0.15) is 18.3 Å². The van der Waals surface area contributed by atoms with Crippen LogP contribution in [0.25, 0.3) is 16.6 Å². The van der Waals surface area contributed by atoms with E-state index in [1.165, 1.54) is 20.3 Å². The van der Waals surface area contributed by atoms with Crippen molar-refractivity contribution in [1.82, 2.24) is 14.6 Å². The van der Waals surface area contributed by atoms with Gasteiger partial charge in [-0.25, -0.2) is 9.50 Å². The first-order chi connectivity index (χ1) is 14.7. The van der Waals surface area contributed by atoms with Gasteiger partial charge >= 0.3 is 6.18 Å². The number of methoxy groups -OCH3 is 2. The molecule has 4 aromatic rings. The van der Waals surface area contributed by atoms with E-state index < -0.39 is 11.7 Å². The molecule has 0 aliphatic rings. The quantitative estimate of drug-likeness (QED) is 0.455. The first-order valence-corrected chi connectivity index (χ1v) is 9.32. The van der Waals surface area contributed by atoms with E-state index in [2.05, 4.69) is 15.4 Å².